The second kappa shape index (κ2) is 7.35. The highest BCUT2D eigenvalue weighted by molar-refractivity contribution is 5.68. The number of rotatable bonds is 3. The van der Waals surface area contributed by atoms with Gasteiger partial charge in [0.1, 0.15) is 5.60 Å². The molecule has 0 aromatic heterocycles. The molecule has 0 bridgehead atoms. The molecule has 0 aliphatic carbocycles. The quantitative estimate of drug-likeness (QED) is 0.924. The molecule has 1 aromatic carbocycles. The number of carbonyl (C=O) groups excluding carboxylic acids is 1. The highest BCUT2D eigenvalue weighted by atomic mass is 16.6. The van der Waals surface area contributed by atoms with Gasteiger partial charge in [0, 0.05) is 25.7 Å². The summed E-state index contributed by atoms with van der Waals surface area (Å²) in [4.78, 5) is 14.5. The van der Waals surface area contributed by atoms with Crippen molar-refractivity contribution >= 4 is 6.09 Å². The van der Waals surface area contributed by atoms with Gasteiger partial charge in [-0.25, -0.2) is 4.79 Å². The molecule has 3 atom stereocenters. The molecule has 23 heavy (non-hydrogen) atoms. The molecule has 3 unspecified atom stereocenters. The Kier molecular flexibility index (Phi) is 5.69. The minimum atomic E-state index is -0.461. The summed E-state index contributed by atoms with van der Waals surface area (Å²) < 4.78 is 5.41. The van der Waals surface area contributed by atoms with E-state index < -0.39 is 5.60 Å². The van der Waals surface area contributed by atoms with Crippen LogP contribution >= 0.6 is 0 Å². The number of nitrogens with one attached hydrogen (secondary N) is 1. The molecule has 1 aliphatic rings. The summed E-state index contributed by atoms with van der Waals surface area (Å²) in [6, 6.07) is 10.6. The zero-order valence-corrected chi connectivity index (χ0v) is 15.0. The number of ether oxygens (including phenoxy) is 1. The molecule has 1 N–H and O–H groups in total. The molecule has 4 heteroatoms. The first kappa shape index (κ1) is 17.8. The monoisotopic (exact) mass is 318 g/mol. The number of carbonyl (C=O) groups is 1. The van der Waals surface area contributed by atoms with Crippen molar-refractivity contribution in [3.8, 4) is 0 Å². The lowest BCUT2D eigenvalue weighted by molar-refractivity contribution is 0.0376. The molecular weight excluding hydrogens is 288 g/mol. The number of benzene rings is 1. The fourth-order valence-corrected chi connectivity index (χ4v) is 3.10. The van der Waals surface area contributed by atoms with Gasteiger partial charge in [-0.15, -0.1) is 0 Å². The van der Waals surface area contributed by atoms with Crippen LogP contribution in [-0.2, 0) is 11.3 Å². The van der Waals surface area contributed by atoms with Gasteiger partial charge in [0.05, 0.1) is 0 Å². The number of likely N-dealkylation sites (tertiary alicyclic amines) is 1. The molecule has 0 saturated carbocycles. The average Bonchev–Trinajstić information content (AvgIpc) is 2.43. The average molecular weight is 318 g/mol. The van der Waals surface area contributed by atoms with Crippen LogP contribution in [0.4, 0.5) is 4.79 Å². The molecule has 0 radical (unpaired) electrons. The van der Waals surface area contributed by atoms with E-state index in [-0.39, 0.29) is 12.1 Å². The van der Waals surface area contributed by atoms with Crippen LogP contribution in [-0.4, -0.2) is 35.7 Å². The first-order chi connectivity index (χ1) is 10.7. The van der Waals surface area contributed by atoms with E-state index in [1.807, 2.05) is 26.8 Å². The third kappa shape index (κ3) is 5.54. The van der Waals surface area contributed by atoms with Gasteiger partial charge >= 0.3 is 6.09 Å². The van der Waals surface area contributed by atoms with E-state index in [4.69, 9.17) is 4.74 Å². The first-order valence-corrected chi connectivity index (χ1v) is 8.50. The van der Waals surface area contributed by atoms with Crippen molar-refractivity contribution in [2.45, 2.75) is 52.8 Å². The van der Waals surface area contributed by atoms with Gasteiger partial charge in [0.15, 0.2) is 0 Å². The number of hydrogen-bond donors (Lipinski definition) is 1. The van der Waals surface area contributed by atoms with E-state index >= 15 is 0 Å². The van der Waals surface area contributed by atoms with E-state index in [0.29, 0.717) is 11.8 Å². The van der Waals surface area contributed by atoms with Crippen LogP contribution in [0.25, 0.3) is 0 Å². The maximum Gasteiger partial charge on any atom is 0.407 e. The molecule has 1 aliphatic heterocycles. The van der Waals surface area contributed by atoms with Crippen molar-refractivity contribution in [2.75, 3.05) is 13.1 Å². The number of alkyl carbamates (subject to hydrolysis) is 1. The molecule has 2 rings (SSSR count). The minimum absolute atomic E-state index is 0.123. The Morgan fingerprint density at radius 1 is 1.22 bits per heavy atom. The van der Waals surface area contributed by atoms with Crippen LogP contribution in [0.1, 0.15) is 40.2 Å². The molecule has 4 nitrogen and oxygen atoms in total. The maximum atomic E-state index is 12.1. The van der Waals surface area contributed by atoms with Crippen molar-refractivity contribution in [3.63, 3.8) is 0 Å². The van der Waals surface area contributed by atoms with Crippen molar-refractivity contribution in [3.05, 3.63) is 35.9 Å². The molecule has 128 valence electrons. The Labute approximate surface area is 140 Å². The largest absolute Gasteiger partial charge is 0.444 e. The zero-order valence-electron chi connectivity index (χ0n) is 15.0. The topological polar surface area (TPSA) is 41.6 Å². The lowest BCUT2D eigenvalue weighted by atomic mass is 9.84. The molecule has 1 saturated heterocycles. The van der Waals surface area contributed by atoms with Gasteiger partial charge in [0.25, 0.3) is 0 Å². The Balaban J connectivity index is 1.97. The standard InChI is InChI=1S/C19H30N2O2/c1-14-11-21(12-16-9-7-6-8-10-16)13-17(15(14)2)20-18(22)23-19(3,4)5/h6-10,14-15,17H,11-13H2,1-5H3,(H,20,22). The van der Waals surface area contributed by atoms with Crippen LogP contribution in [0.5, 0.6) is 0 Å². The summed E-state index contributed by atoms with van der Waals surface area (Å²) in [5.41, 5.74) is 0.849. The normalized spacial score (nSPS) is 25.9. The fraction of sp³-hybridized carbons (Fsp3) is 0.632. The number of hydrogen-bond acceptors (Lipinski definition) is 3. The van der Waals surface area contributed by atoms with Gasteiger partial charge in [-0.1, -0.05) is 44.2 Å². The smallest absolute Gasteiger partial charge is 0.407 e. The van der Waals surface area contributed by atoms with Crippen molar-refractivity contribution in [1.82, 2.24) is 10.2 Å². The summed E-state index contributed by atoms with van der Waals surface area (Å²) >= 11 is 0. The van der Waals surface area contributed by atoms with Crippen LogP contribution in [0, 0.1) is 11.8 Å². The third-order valence-corrected chi connectivity index (χ3v) is 4.48. The van der Waals surface area contributed by atoms with E-state index in [1.54, 1.807) is 0 Å². The molecule has 0 spiro atoms. The molecule has 1 aromatic rings. The van der Waals surface area contributed by atoms with Crippen LogP contribution in [0.3, 0.4) is 0 Å². The third-order valence-electron chi connectivity index (χ3n) is 4.48. The van der Waals surface area contributed by atoms with Crippen molar-refractivity contribution < 1.29 is 9.53 Å². The van der Waals surface area contributed by atoms with E-state index in [9.17, 15) is 4.79 Å². The summed E-state index contributed by atoms with van der Waals surface area (Å²) in [6.07, 6.45) is -0.317. The highest BCUT2D eigenvalue weighted by Gasteiger charge is 2.33. The first-order valence-electron chi connectivity index (χ1n) is 8.50. The number of piperidine rings is 1. The van der Waals surface area contributed by atoms with Gasteiger partial charge in [-0.3, -0.25) is 4.90 Å². The van der Waals surface area contributed by atoms with Crippen LogP contribution in [0.2, 0.25) is 0 Å². The van der Waals surface area contributed by atoms with Crippen molar-refractivity contribution in [1.29, 1.82) is 0 Å². The predicted octanol–water partition coefficient (Wildman–Crippen LogP) is 3.67. The minimum Gasteiger partial charge on any atom is -0.444 e. The molecule has 1 amide bonds. The van der Waals surface area contributed by atoms with Crippen LogP contribution in [0.15, 0.2) is 30.3 Å². The van der Waals surface area contributed by atoms with E-state index in [0.717, 1.165) is 19.6 Å². The number of nitrogens with zero attached hydrogens (tertiary/aromatic N) is 1. The molecular formula is C19H30N2O2. The molecule has 1 fully saturated rings. The lowest BCUT2D eigenvalue weighted by Crippen LogP contribution is -2.55. The Hall–Kier alpha value is -1.55. The summed E-state index contributed by atoms with van der Waals surface area (Å²) in [5, 5.41) is 3.07. The van der Waals surface area contributed by atoms with Gasteiger partial charge < -0.3 is 10.1 Å². The summed E-state index contributed by atoms with van der Waals surface area (Å²) in [6.45, 7) is 13.0. The highest BCUT2D eigenvalue weighted by Crippen LogP contribution is 2.25. The SMILES string of the molecule is CC1CN(Cc2ccccc2)CC(NC(=O)OC(C)(C)C)C1C. The Bertz CT molecular complexity index is 510. The second-order valence-corrected chi connectivity index (χ2v) is 7.77. The molecule has 1 heterocycles. The second-order valence-electron chi connectivity index (χ2n) is 7.77. The summed E-state index contributed by atoms with van der Waals surface area (Å²) in [5.74, 6) is 0.974. The summed E-state index contributed by atoms with van der Waals surface area (Å²) in [7, 11) is 0. The van der Waals surface area contributed by atoms with Gasteiger partial charge in [0.2, 0.25) is 0 Å². The predicted molar refractivity (Wildman–Crippen MR) is 93.2 cm³/mol. The Morgan fingerprint density at radius 3 is 2.48 bits per heavy atom. The van der Waals surface area contributed by atoms with Gasteiger partial charge in [-0.2, -0.15) is 0 Å². The van der Waals surface area contributed by atoms with E-state index in [2.05, 4.69) is 48.3 Å². The van der Waals surface area contributed by atoms with E-state index in [1.165, 1.54) is 5.56 Å². The van der Waals surface area contributed by atoms with Crippen molar-refractivity contribution in [2.24, 2.45) is 11.8 Å². The number of amides is 1. The lowest BCUT2D eigenvalue weighted by Gasteiger charge is -2.41. The van der Waals surface area contributed by atoms with Crippen LogP contribution < -0.4 is 5.32 Å². The zero-order chi connectivity index (χ0) is 17.0. The van der Waals surface area contributed by atoms with Gasteiger partial charge in [-0.05, 0) is 38.2 Å². The maximum absolute atomic E-state index is 12.1. The fourth-order valence-electron chi connectivity index (χ4n) is 3.10. The Morgan fingerprint density at radius 2 is 1.87 bits per heavy atom.